The summed E-state index contributed by atoms with van der Waals surface area (Å²) in [6.07, 6.45) is -3.38. The fourth-order valence-corrected chi connectivity index (χ4v) is 3.04. The van der Waals surface area contributed by atoms with Crippen molar-refractivity contribution in [2.24, 2.45) is 0 Å². The van der Waals surface area contributed by atoms with Crippen LogP contribution in [0.5, 0.6) is 0 Å². The van der Waals surface area contributed by atoms with E-state index in [0.717, 1.165) is 10.9 Å². The Bertz CT molecular complexity index is 641. The smallest absolute Gasteiger partial charge is 0.340 e. The van der Waals surface area contributed by atoms with Crippen LogP contribution in [0.2, 0.25) is 0 Å². The predicted molar refractivity (Wildman–Crippen MR) is 70.4 cm³/mol. The normalized spacial score (nSPS) is 19.0. The number of amides is 1. The number of carbonyl (C=O) groups excluding carboxylic acids is 1. The summed E-state index contributed by atoms with van der Waals surface area (Å²) in [6, 6.07) is 1.34. The predicted octanol–water partition coefficient (Wildman–Crippen LogP) is -0.250. The highest BCUT2D eigenvalue weighted by molar-refractivity contribution is 7.89. The summed E-state index contributed by atoms with van der Waals surface area (Å²) < 4.78 is 62.4. The highest BCUT2D eigenvalue weighted by Gasteiger charge is 2.28. The molecule has 1 aromatic heterocycles. The minimum Gasteiger partial charge on any atom is -0.340 e. The standard InChI is InChI=1S/C11H15F3N4O3S/c12-11(13,14)8-18-3-1-9(16-18)7-10(19)17-4-2-15-22(20,21)6-5-17/h1,3,15H,2,4-8H2. The van der Waals surface area contributed by atoms with Crippen molar-refractivity contribution in [3.8, 4) is 0 Å². The minimum absolute atomic E-state index is 0.0530. The van der Waals surface area contributed by atoms with Crippen LogP contribution in [-0.4, -0.2) is 60.6 Å². The number of alkyl halides is 3. The van der Waals surface area contributed by atoms with Crippen molar-refractivity contribution in [1.82, 2.24) is 19.4 Å². The molecule has 22 heavy (non-hydrogen) atoms. The summed E-state index contributed by atoms with van der Waals surface area (Å²) >= 11 is 0. The third kappa shape index (κ3) is 4.98. The third-order valence-corrected chi connectivity index (χ3v) is 4.42. The van der Waals surface area contributed by atoms with Crippen LogP contribution in [-0.2, 0) is 27.8 Å². The average molecular weight is 340 g/mol. The van der Waals surface area contributed by atoms with Gasteiger partial charge in [0.1, 0.15) is 6.54 Å². The first-order chi connectivity index (χ1) is 10.1. The maximum atomic E-state index is 12.2. The van der Waals surface area contributed by atoms with Crippen LogP contribution in [0.4, 0.5) is 13.2 Å². The zero-order valence-corrected chi connectivity index (χ0v) is 12.3. The molecule has 0 radical (unpaired) electrons. The molecule has 2 rings (SSSR count). The van der Waals surface area contributed by atoms with Crippen molar-refractivity contribution in [1.29, 1.82) is 0 Å². The van der Waals surface area contributed by atoms with Crippen LogP contribution >= 0.6 is 0 Å². The van der Waals surface area contributed by atoms with Gasteiger partial charge in [-0.1, -0.05) is 0 Å². The third-order valence-electron chi connectivity index (χ3n) is 3.06. The van der Waals surface area contributed by atoms with E-state index in [0.29, 0.717) is 0 Å². The molecule has 1 N–H and O–H groups in total. The summed E-state index contributed by atoms with van der Waals surface area (Å²) in [5, 5.41) is 3.70. The second-order valence-electron chi connectivity index (χ2n) is 4.89. The van der Waals surface area contributed by atoms with E-state index in [1.807, 2.05) is 0 Å². The Morgan fingerprint density at radius 3 is 2.77 bits per heavy atom. The Morgan fingerprint density at radius 1 is 1.36 bits per heavy atom. The molecule has 0 aromatic carbocycles. The molecule has 1 fully saturated rings. The molecule has 0 aliphatic carbocycles. The molecule has 0 atom stereocenters. The molecule has 0 bridgehead atoms. The van der Waals surface area contributed by atoms with E-state index in [1.54, 1.807) is 0 Å². The molecule has 1 aliphatic rings. The maximum absolute atomic E-state index is 12.2. The fourth-order valence-electron chi connectivity index (χ4n) is 2.04. The van der Waals surface area contributed by atoms with Gasteiger partial charge in [-0.25, -0.2) is 13.1 Å². The van der Waals surface area contributed by atoms with Crippen molar-refractivity contribution in [2.75, 3.05) is 25.4 Å². The minimum atomic E-state index is -4.38. The molecule has 124 valence electrons. The number of sulfonamides is 1. The van der Waals surface area contributed by atoms with Gasteiger partial charge in [-0.15, -0.1) is 0 Å². The van der Waals surface area contributed by atoms with Gasteiger partial charge in [-0.3, -0.25) is 9.48 Å². The highest BCUT2D eigenvalue weighted by Crippen LogP contribution is 2.17. The van der Waals surface area contributed by atoms with E-state index >= 15 is 0 Å². The van der Waals surface area contributed by atoms with Gasteiger partial charge < -0.3 is 4.90 Å². The van der Waals surface area contributed by atoms with Crippen LogP contribution < -0.4 is 4.72 Å². The number of aromatic nitrogens is 2. The van der Waals surface area contributed by atoms with Crippen LogP contribution in [0.1, 0.15) is 5.69 Å². The SMILES string of the molecule is O=C(Cc1ccn(CC(F)(F)F)n1)N1CCNS(=O)(=O)CC1. The molecule has 2 heterocycles. The number of carbonyl (C=O) groups is 1. The second kappa shape index (κ2) is 6.24. The zero-order chi connectivity index (χ0) is 16.4. The van der Waals surface area contributed by atoms with E-state index in [1.165, 1.54) is 11.0 Å². The highest BCUT2D eigenvalue weighted by atomic mass is 32.2. The Kier molecular flexibility index (Phi) is 4.75. The van der Waals surface area contributed by atoms with Crippen molar-refractivity contribution in [2.45, 2.75) is 19.1 Å². The van der Waals surface area contributed by atoms with Gasteiger partial charge in [0.15, 0.2) is 0 Å². The van der Waals surface area contributed by atoms with Gasteiger partial charge in [0.2, 0.25) is 15.9 Å². The van der Waals surface area contributed by atoms with Gasteiger partial charge in [-0.2, -0.15) is 18.3 Å². The van der Waals surface area contributed by atoms with E-state index < -0.39 is 22.7 Å². The van der Waals surface area contributed by atoms with Crippen molar-refractivity contribution in [3.05, 3.63) is 18.0 Å². The molecule has 1 amide bonds. The first kappa shape index (κ1) is 16.7. The fraction of sp³-hybridized carbons (Fsp3) is 0.636. The van der Waals surface area contributed by atoms with Gasteiger partial charge in [0.25, 0.3) is 0 Å². The summed E-state index contributed by atoms with van der Waals surface area (Å²) in [5.74, 6) is -0.558. The van der Waals surface area contributed by atoms with Crippen LogP contribution in [0, 0.1) is 0 Å². The Balaban J connectivity index is 1.94. The Morgan fingerprint density at radius 2 is 2.09 bits per heavy atom. The molecule has 0 spiro atoms. The first-order valence-electron chi connectivity index (χ1n) is 6.49. The van der Waals surface area contributed by atoms with E-state index in [4.69, 9.17) is 0 Å². The average Bonchev–Trinajstić information content (AvgIpc) is 2.68. The van der Waals surface area contributed by atoms with Crippen LogP contribution in [0.25, 0.3) is 0 Å². The van der Waals surface area contributed by atoms with Crippen molar-refractivity contribution >= 4 is 15.9 Å². The van der Waals surface area contributed by atoms with E-state index in [2.05, 4.69) is 9.82 Å². The lowest BCUT2D eigenvalue weighted by atomic mass is 10.3. The molecule has 1 aromatic rings. The quantitative estimate of drug-likeness (QED) is 0.822. The monoisotopic (exact) mass is 340 g/mol. The number of hydrogen-bond acceptors (Lipinski definition) is 4. The largest absolute Gasteiger partial charge is 0.408 e. The van der Waals surface area contributed by atoms with Crippen LogP contribution in [0.15, 0.2) is 12.3 Å². The molecule has 1 saturated heterocycles. The van der Waals surface area contributed by atoms with E-state index in [9.17, 15) is 26.4 Å². The summed E-state index contributed by atoms with van der Waals surface area (Å²) in [6.45, 7) is -0.817. The number of nitrogens with one attached hydrogen (secondary N) is 1. The van der Waals surface area contributed by atoms with Crippen LogP contribution in [0.3, 0.4) is 0 Å². The lowest BCUT2D eigenvalue weighted by molar-refractivity contribution is -0.142. The zero-order valence-electron chi connectivity index (χ0n) is 11.5. The Hall–Kier alpha value is -1.62. The summed E-state index contributed by atoms with van der Waals surface area (Å²) in [5.41, 5.74) is 0.217. The van der Waals surface area contributed by atoms with Crippen molar-refractivity contribution in [3.63, 3.8) is 0 Å². The van der Waals surface area contributed by atoms with Gasteiger partial charge in [0, 0.05) is 25.8 Å². The van der Waals surface area contributed by atoms with Crippen molar-refractivity contribution < 1.29 is 26.4 Å². The van der Waals surface area contributed by atoms with Gasteiger partial charge in [-0.05, 0) is 6.07 Å². The first-order valence-corrected chi connectivity index (χ1v) is 8.14. The van der Waals surface area contributed by atoms with Gasteiger partial charge in [0.05, 0.1) is 17.9 Å². The molecule has 0 saturated carbocycles. The molecule has 0 unspecified atom stereocenters. The lowest BCUT2D eigenvalue weighted by Crippen LogP contribution is -2.36. The Labute approximate surface area is 125 Å². The number of hydrogen-bond donors (Lipinski definition) is 1. The maximum Gasteiger partial charge on any atom is 0.408 e. The van der Waals surface area contributed by atoms with Gasteiger partial charge >= 0.3 is 6.18 Å². The number of halogens is 3. The molecule has 11 heteroatoms. The summed E-state index contributed by atoms with van der Waals surface area (Å²) in [4.78, 5) is 13.4. The lowest BCUT2D eigenvalue weighted by Gasteiger charge is -2.18. The number of nitrogens with zero attached hydrogens (tertiary/aromatic N) is 3. The summed E-state index contributed by atoms with van der Waals surface area (Å²) in [7, 11) is -3.36. The number of rotatable bonds is 3. The topological polar surface area (TPSA) is 84.3 Å². The molecule has 1 aliphatic heterocycles. The molecule has 7 nitrogen and oxygen atoms in total. The second-order valence-corrected chi connectivity index (χ2v) is 6.82. The molecular weight excluding hydrogens is 325 g/mol. The molecular formula is C11H15F3N4O3S. The van der Waals surface area contributed by atoms with E-state index in [-0.39, 0.29) is 43.4 Å².